The summed E-state index contributed by atoms with van der Waals surface area (Å²) in [6, 6.07) is 72.3. The average molecular weight is 870 g/mol. The van der Waals surface area contributed by atoms with Gasteiger partial charge in [0, 0.05) is 0 Å². The molecule has 8 heteroatoms. The molecule has 0 spiro atoms. The van der Waals surface area contributed by atoms with E-state index in [1.807, 2.05) is 48.5 Å². The quantitative estimate of drug-likeness (QED) is 0.0503. The number of rotatable bonds is 8. The molecule has 0 saturated carbocycles. The Balaban J connectivity index is 0.000000213. The van der Waals surface area contributed by atoms with Gasteiger partial charge in [-0.25, -0.2) is 0 Å². The predicted octanol–water partition coefficient (Wildman–Crippen LogP) is 9.38. The molecule has 7 aromatic rings. The zero-order valence-electron chi connectivity index (χ0n) is 29.5. The Morgan fingerprint density at radius 2 is 0.704 bits per heavy atom. The van der Waals surface area contributed by atoms with Crippen LogP contribution in [0.1, 0.15) is 11.1 Å². The smallest absolute Gasteiger partial charge is 0.0134 e. The van der Waals surface area contributed by atoms with E-state index in [0.717, 1.165) is 16.5 Å². The van der Waals surface area contributed by atoms with Crippen LogP contribution in [0, 0.1) is 13.6 Å². The van der Waals surface area contributed by atoms with Crippen molar-refractivity contribution in [1.29, 1.82) is 0 Å². The molecule has 1 atom stereocenters. The minimum atomic E-state index is -2.10. The Morgan fingerprint density at radius 3 is 0.907 bits per heavy atom. The van der Waals surface area contributed by atoms with Crippen molar-refractivity contribution in [1.82, 2.24) is 0 Å². The van der Waals surface area contributed by atoms with Gasteiger partial charge in [-0.3, -0.25) is 4.21 Å². The van der Waals surface area contributed by atoms with Gasteiger partial charge in [-0.1, -0.05) is 212 Å². The van der Waals surface area contributed by atoms with Crippen molar-refractivity contribution >= 4 is 74.5 Å². The summed E-state index contributed by atoms with van der Waals surface area (Å²) >= 11 is -0.280. The van der Waals surface area contributed by atoms with E-state index < -0.39 is 26.9 Å². The molecule has 0 aliphatic carbocycles. The molecule has 272 valence electrons. The first kappa shape index (κ1) is 44.3. The van der Waals surface area contributed by atoms with E-state index in [0.29, 0.717) is 0 Å². The molecular formula is C46H39ClO3P2RuS. The van der Waals surface area contributed by atoms with Crippen LogP contribution in [0.25, 0.3) is 6.08 Å². The summed E-state index contributed by atoms with van der Waals surface area (Å²) in [6.07, 6.45) is 1.56. The monoisotopic (exact) mass is 870 g/mol. The third-order valence-electron chi connectivity index (χ3n) is 7.54. The van der Waals surface area contributed by atoms with Gasteiger partial charge >= 0.3 is 38.3 Å². The van der Waals surface area contributed by atoms with E-state index in [4.69, 9.17) is 4.65 Å². The Bertz CT molecular complexity index is 1770. The van der Waals surface area contributed by atoms with Crippen molar-refractivity contribution < 1.29 is 30.7 Å². The first-order valence-electron chi connectivity index (χ1n) is 16.7. The van der Waals surface area contributed by atoms with Crippen LogP contribution in [0.15, 0.2) is 212 Å². The number of aryl methyl sites for hydroxylation is 1. The Morgan fingerprint density at radius 1 is 0.481 bits per heavy atom. The molecule has 3 nitrogen and oxygen atoms in total. The van der Waals surface area contributed by atoms with Crippen molar-refractivity contribution in [2.75, 3.05) is 0 Å². The van der Waals surface area contributed by atoms with E-state index in [-0.39, 0.29) is 0 Å². The third kappa shape index (κ3) is 15.3. The maximum absolute atomic E-state index is 10.2. The topological polar surface area (TPSA) is 60.0 Å². The minimum Gasteiger partial charge on any atom is -0.0622 e. The summed E-state index contributed by atoms with van der Waals surface area (Å²) < 4.78 is 27.8. The van der Waals surface area contributed by atoms with Crippen LogP contribution in [-0.2, 0) is 33.0 Å². The maximum Gasteiger partial charge on any atom is -0.0134 e. The summed E-state index contributed by atoms with van der Waals surface area (Å²) in [5.41, 5.74) is 2.06. The van der Waals surface area contributed by atoms with Gasteiger partial charge in [0.05, 0.1) is 0 Å². The summed E-state index contributed by atoms with van der Waals surface area (Å²) in [7, 11) is 3.68. The number of halogens is 1. The first-order valence-corrected chi connectivity index (χ1v) is 22.7. The van der Waals surface area contributed by atoms with Crippen molar-refractivity contribution in [3.63, 3.8) is 0 Å². The van der Waals surface area contributed by atoms with Gasteiger partial charge in [0.25, 0.3) is 0 Å². The fraction of sp³-hybridized carbons (Fsp3) is 0.0217. The molecule has 0 bridgehead atoms. The fourth-order valence-electron chi connectivity index (χ4n) is 5.17. The van der Waals surface area contributed by atoms with E-state index in [2.05, 4.69) is 198 Å². The van der Waals surface area contributed by atoms with Crippen LogP contribution in [-0.4, -0.2) is 8.76 Å². The number of hydrogen-bond donors (Lipinski definition) is 0. The van der Waals surface area contributed by atoms with Gasteiger partial charge < -0.3 is 4.55 Å². The van der Waals surface area contributed by atoms with Crippen molar-refractivity contribution in [3.8, 4) is 0 Å². The summed E-state index contributed by atoms with van der Waals surface area (Å²) in [4.78, 5) is 0. The minimum absolute atomic E-state index is 0.446. The molecule has 0 amide bonds. The van der Waals surface area contributed by atoms with E-state index in [9.17, 15) is 8.76 Å². The SMILES string of the molecule is Cc1ccc(/C=C/S(=O)[O-])cc1.[C-]#[O+].[Cl][Ru+].c1ccc(P(c2ccccc2)c2ccccc2)cc1.c1ccc(P(c2ccccc2)c2ccccc2)cc1. The third-order valence-corrected chi connectivity index (χ3v) is 12.8. The average Bonchev–Trinajstić information content (AvgIpc) is 3.25. The molecule has 0 N–H and O–H groups in total. The molecule has 0 fully saturated rings. The maximum atomic E-state index is 10.2. The van der Waals surface area contributed by atoms with Gasteiger partial charge in [-0.05, 0) is 82.7 Å². The molecular weight excluding hydrogens is 831 g/mol. The van der Waals surface area contributed by atoms with Crippen LogP contribution in [0.4, 0.5) is 0 Å². The summed E-state index contributed by atoms with van der Waals surface area (Å²) in [5, 5.41) is 9.52. The molecule has 0 aliphatic rings. The van der Waals surface area contributed by atoms with Gasteiger partial charge in [0.1, 0.15) is 0 Å². The largest absolute Gasteiger partial charge is 0.0622 e. The molecule has 7 rings (SSSR count). The first-order chi connectivity index (χ1) is 26.6. The predicted molar refractivity (Wildman–Crippen MR) is 229 cm³/mol. The molecule has 0 aromatic heterocycles. The zero-order valence-corrected chi connectivity index (χ0v) is 34.6. The van der Waals surface area contributed by atoms with E-state index >= 15 is 0 Å². The molecule has 0 aliphatic heterocycles. The van der Waals surface area contributed by atoms with Gasteiger partial charge in [0.2, 0.25) is 0 Å². The van der Waals surface area contributed by atoms with Gasteiger partial charge in [-0.15, -0.1) is 0 Å². The Labute approximate surface area is 339 Å². The Kier molecular flexibility index (Phi) is 21.9. The van der Waals surface area contributed by atoms with Crippen molar-refractivity contribution in [3.05, 3.63) is 229 Å². The van der Waals surface area contributed by atoms with Crippen LogP contribution in [0.5, 0.6) is 0 Å². The standard InChI is InChI=1S/2C18H15P.C9H10O2S.CO.ClH.Ru/c2*1-4-10-16(11-5-1)19(17-12-6-2-7-13-17)18-14-8-3-9-15-18;1-8-2-4-9(5-3-8)6-7-12(10)11;1-2;;/h2*1-15H;2-7H,1H3,(H,10,11);;1H;/q;;;;;+2/p-2/b;;7-6+;;;. The van der Waals surface area contributed by atoms with Crippen LogP contribution in [0.2, 0.25) is 0 Å². The normalized spacial score (nSPS) is 10.6. The molecule has 54 heavy (non-hydrogen) atoms. The van der Waals surface area contributed by atoms with Crippen molar-refractivity contribution in [2.24, 2.45) is 0 Å². The Hall–Kier alpha value is -4.10. The molecule has 1 unspecified atom stereocenters. The molecule has 0 radical (unpaired) electrons. The van der Waals surface area contributed by atoms with Crippen LogP contribution < -0.4 is 31.8 Å². The van der Waals surface area contributed by atoms with Crippen LogP contribution >= 0.6 is 25.5 Å². The number of hydrogen-bond acceptors (Lipinski definition) is 2. The molecule has 7 aromatic carbocycles. The second-order valence-corrected chi connectivity index (χ2v) is 16.4. The van der Waals surface area contributed by atoms with Crippen LogP contribution in [0.3, 0.4) is 0 Å². The zero-order chi connectivity index (χ0) is 38.8. The fourth-order valence-corrected chi connectivity index (χ4v) is 10.0. The van der Waals surface area contributed by atoms with E-state index in [1.54, 1.807) is 6.08 Å². The second-order valence-electron chi connectivity index (χ2n) is 11.2. The van der Waals surface area contributed by atoms with Gasteiger partial charge in [-0.2, -0.15) is 0 Å². The summed E-state index contributed by atoms with van der Waals surface area (Å²) in [5.74, 6) is 0. The summed E-state index contributed by atoms with van der Waals surface area (Å²) in [6.45, 7) is 6.49. The number of benzene rings is 7. The molecule has 0 heterocycles. The van der Waals surface area contributed by atoms with Crippen molar-refractivity contribution in [2.45, 2.75) is 6.92 Å². The van der Waals surface area contributed by atoms with Gasteiger partial charge in [0.15, 0.2) is 0 Å². The van der Waals surface area contributed by atoms with E-state index in [1.165, 1.54) is 31.8 Å². The molecule has 0 saturated heterocycles. The second kappa shape index (κ2) is 26.6.